The molecule has 0 aromatic rings. The van der Waals surface area contributed by atoms with E-state index in [1.165, 1.54) is 0 Å². The molecule has 0 radical (unpaired) electrons. The molecule has 2 aliphatic heterocycles. The predicted octanol–water partition coefficient (Wildman–Crippen LogP) is -1.31. The zero-order valence-corrected chi connectivity index (χ0v) is 8.94. The van der Waals surface area contributed by atoms with Crippen LogP contribution in [0.25, 0.3) is 0 Å². The van der Waals surface area contributed by atoms with E-state index in [9.17, 15) is 15.0 Å². The van der Waals surface area contributed by atoms with E-state index in [-0.39, 0.29) is 11.9 Å². The fourth-order valence-electron chi connectivity index (χ4n) is 2.26. The number of rotatable bonds is 1. The number of likely N-dealkylation sites (tertiary alicyclic amines) is 1. The minimum atomic E-state index is -0.743. The maximum atomic E-state index is 11.9. The quantitative estimate of drug-likeness (QED) is 0.507. The molecule has 2 heterocycles. The van der Waals surface area contributed by atoms with E-state index in [1.807, 2.05) is 0 Å². The molecular weight excluding hydrogens is 196 g/mol. The molecule has 2 saturated heterocycles. The van der Waals surface area contributed by atoms with E-state index in [0.29, 0.717) is 32.5 Å². The summed E-state index contributed by atoms with van der Waals surface area (Å²) >= 11 is 0. The van der Waals surface area contributed by atoms with Crippen LogP contribution in [-0.4, -0.2) is 58.4 Å². The van der Waals surface area contributed by atoms with Crippen LogP contribution in [0, 0.1) is 0 Å². The summed E-state index contributed by atoms with van der Waals surface area (Å²) in [7, 11) is 0. The number of β-amino-alcohol motifs (C(OH)–C–C–N with tert-alkyl or cyclic N) is 2. The summed E-state index contributed by atoms with van der Waals surface area (Å²) in [6.07, 6.45) is 0.702. The highest BCUT2D eigenvalue weighted by molar-refractivity contribution is 5.82. The van der Waals surface area contributed by atoms with E-state index >= 15 is 0 Å². The summed E-state index contributed by atoms with van der Waals surface area (Å²) < 4.78 is 0. The summed E-state index contributed by atoms with van der Waals surface area (Å²) in [5, 5.41) is 22.0. The van der Waals surface area contributed by atoms with Gasteiger partial charge in [-0.15, -0.1) is 0 Å². The van der Waals surface area contributed by atoms with Crippen molar-refractivity contribution in [3.63, 3.8) is 0 Å². The van der Waals surface area contributed by atoms with Gasteiger partial charge >= 0.3 is 0 Å². The van der Waals surface area contributed by atoms with Crippen LogP contribution in [-0.2, 0) is 4.79 Å². The Morgan fingerprint density at radius 2 is 2.33 bits per heavy atom. The SMILES string of the molecule is CC1(O)CCN(C(=O)C2CC(O)CN2)C1. The highest BCUT2D eigenvalue weighted by Crippen LogP contribution is 2.22. The molecule has 5 nitrogen and oxygen atoms in total. The molecule has 15 heavy (non-hydrogen) atoms. The minimum absolute atomic E-state index is 0.00400. The smallest absolute Gasteiger partial charge is 0.239 e. The van der Waals surface area contributed by atoms with Gasteiger partial charge in [0.2, 0.25) is 5.91 Å². The Balaban J connectivity index is 1.92. The molecule has 0 bridgehead atoms. The molecule has 0 aromatic heterocycles. The molecule has 86 valence electrons. The van der Waals surface area contributed by atoms with Crippen molar-refractivity contribution in [2.75, 3.05) is 19.6 Å². The second-order valence-corrected chi connectivity index (χ2v) is 4.86. The highest BCUT2D eigenvalue weighted by atomic mass is 16.3. The molecule has 0 aromatic carbocycles. The lowest BCUT2D eigenvalue weighted by atomic mass is 10.1. The van der Waals surface area contributed by atoms with Gasteiger partial charge in [0.1, 0.15) is 0 Å². The topological polar surface area (TPSA) is 72.8 Å². The molecule has 3 unspecified atom stereocenters. The number of carbonyl (C=O) groups is 1. The zero-order valence-electron chi connectivity index (χ0n) is 8.94. The average Bonchev–Trinajstić information content (AvgIpc) is 2.71. The third kappa shape index (κ3) is 2.30. The van der Waals surface area contributed by atoms with Crippen LogP contribution < -0.4 is 5.32 Å². The second-order valence-electron chi connectivity index (χ2n) is 4.86. The van der Waals surface area contributed by atoms with Crippen LogP contribution in [0.4, 0.5) is 0 Å². The lowest BCUT2D eigenvalue weighted by Crippen LogP contribution is -2.43. The number of carbonyl (C=O) groups excluding carboxylic acids is 1. The maximum Gasteiger partial charge on any atom is 0.239 e. The zero-order chi connectivity index (χ0) is 11.1. The number of hydrogen-bond acceptors (Lipinski definition) is 4. The molecule has 3 N–H and O–H groups in total. The highest BCUT2D eigenvalue weighted by Gasteiger charge is 2.38. The Morgan fingerprint density at radius 3 is 2.80 bits per heavy atom. The molecule has 2 fully saturated rings. The Kier molecular flexibility index (Phi) is 2.70. The molecule has 2 aliphatic rings. The van der Waals surface area contributed by atoms with E-state index in [1.54, 1.807) is 11.8 Å². The molecular formula is C10H18N2O3. The maximum absolute atomic E-state index is 11.9. The first-order valence-corrected chi connectivity index (χ1v) is 5.40. The lowest BCUT2D eigenvalue weighted by Gasteiger charge is -2.22. The summed E-state index contributed by atoms with van der Waals surface area (Å²) in [6.45, 7) is 3.25. The summed E-state index contributed by atoms with van der Waals surface area (Å²) in [5.41, 5.74) is -0.743. The fraction of sp³-hybridized carbons (Fsp3) is 0.900. The average molecular weight is 214 g/mol. The molecule has 5 heteroatoms. The standard InChI is InChI=1S/C10H18N2O3/c1-10(15)2-3-12(6-10)9(14)8-4-7(13)5-11-8/h7-8,11,13,15H,2-6H2,1H3. The van der Waals surface area contributed by atoms with Gasteiger partial charge in [0, 0.05) is 19.6 Å². The van der Waals surface area contributed by atoms with Crippen molar-refractivity contribution in [1.29, 1.82) is 0 Å². The lowest BCUT2D eigenvalue weighted by molar-refractivity contribution is -0.133. The Hall–Kier alpha value is -0.650. The molecule has 2 rings (SSSR count). The molecule has 1 amide bonds. The Morgan fingerprint density at radius 1 is 1.60 bits per heavy atom. The number of nitrogens with one attached hydrogen (secondary N) is 1. The molecule has 0 saturated carbocycles. The molecule has 0 aliphatic carbocycles. The van der Waals surface area contributed by atoms with Crippen molar-refractivity contribution in [3.05, 3.63) is 0 Å². The van der Waals surface area contributed by atoms with Gasteiger partial charge < -0.3 is 20.4 Å². The fourth-order valence-corrected chi connectivity index (χ4v) is 2.26. The Labute approximate surface area is 89.1 Å². The number of hydrogen-bond donors (Lipinski definition) is 3. The van der Waals surface area contributed by atoms with Crippen LogP contribution in [0.15, 0.2) is 0 Å². The number of nitrogens with zero attached hydrogens (tertiary/aromatic N) is 1. The normalized spacial score (nSPS) is 41.1. The van der Waals surface area contributed by atoms with Crippen molar-refractivity contribution >= 4 is 5.91 Å². The van der Waals surface area contributed by atoms with E-state index in [0.717, 1.165) is 0 Å². The van der Waals surface area contributed by atoms with Gasteiger partial charge in [-0.3, -0.25) is 4.79 Å². The van der Waals surface area contributed by atoms with Gasteiger partial charge in [-0.25, -0.2) is 0 Å². The monoisotopic (exact) mass is 214 g/mol. The van der Waals surface area contributed by atoms with Crippen LogP contribution in [0.3, 0.4) is 0 Å². The summed E-state index contributed by atoms with van der Waals surface area (Å²) in [5.74, 6) is 0.00400. The van der Waals surface area contributed by atoms with E-state index in [2.05, 4.69) is 5.32 Å². The first-order chi connectivity index (χ1) is 6.98. The third-order valence-electron chi connectivity index (χ3n) is 3.17. The van der Waals surface area contributed by atoms with Gasteiger partial charge in [-0.05, 0) is 19.8 Å². The van der Waals surface area contributed by atoms with E-state index < -0.39 is 11.7 Å². The number of aliphatic hydroxyl groups excluding tert-OH is 1. The van der Waals surface area contributed by atoms with Crippen molar-refractivity contribution in [2.24, 2.45) is 0 Å². The molecule has 0 spiro atoms. The van der Waals surface area contributed by atoms with Crippen LogP contribution in [0.5, 0.6) is 0 Å². The first kappa shape index (κ1) is 10.9. The van der Waals surface area contributed by atoms with Gasteiger partial charge in [-0.1, -0.05) is 0 Å². The van der Waals surface area contributed by atoms with Crippen molar-refractivity contribution < 1.29 is 15.0 Å². The van der Waals surface area contributed by atoms with Crippen LogP contribution >= 0.6 is 0 Å². The van der Waals surface area contributed by atoms with Crippen LogP contribution in [0.1, 0.15) is 19.8 Å². The van der Waals surface area contributed by atoms with Gasteiger partial charge in [0.25, 0.3) is 0 Å². The van der Waals surface area contributed by atoms with Crippen LogP contribution in [0.2, 0.25) is 0 Å². The first-order valence-electron chi connectivity index (χ1n) is 5.40. The predicted molar refractivity (Wildman–Crippen MR) is 54.2 cm³/mol. The van der Waals surface area contributed by atoms with E-state index in [4.69, 9.17) is 0 Å². The van der Waals surface area contributed by atoms with Gasteiger partial charge in [0.15, 0.2) is 0 Å². The summed E-state index contributed by atoms with van der Waals surface area (Å²) in [4.78, 5) is 13.6. The van der Waals surface area contributed by atoms with Gasteiger partial charge in [0.05, 0.1) is 17.7 Å². The second kappa shape index (κ2) is 3.73. The van der Waals surface area contributed by atoms with Crippen molar-refractivity contribution in [1.82, 2.24) is 10.2 Å². The molecule has 3 atom stereocenters. The van der Waals surface area contributed by atoms with Crippen molar-refractivity contribution in [2.45, 2.75) is 37.5 Å². The van der Waals surface area contributed by atoms with Crippen molar-refractivity contribution in [3.8, 4) is 0 Å². The third-order valence-corrected chi connectivity index (χ3v) is 3.17. The van der Waals surface area contributed by atoms with Gasteiger partial charge in [-0.2, -0.15) is 0 Å². The Bertz CT molecular complexity index is 267. The minimum Gasteiger partial charge on any atom is -0.392 e. The summed E-state index contributed by atoms with van der Waals surface area (Å²) in [6, 6.07) is -0.270. The largest absolute Gasteiger partial charge is 0.392 e. The number of aliphatic hydroxyl groups is 2. The number of amides is 1.